The average molecular weight is 452 g/mol. The van der Waals surface area contributed by atoms with Gasteiger partial charge in [-0.1, -0.05) is 0 Å². The number of carbonyl (C=O) groups excluding carboxylic acids is 3. The second-order valence-electron chi connectivity index (χ2n) is 7.18. The second-order valence-corrected chi connectivity index (χ2v) is 9.28. The molecule has 2 aliphatic heterocycles. The number of nitrogens with one attached hydrogen (secondary N) is 1. The second kappa shape index (κ2) is 6.60. The summed E-state index contributed by atoms with van der Waals surface area (Å²) in [6.07, 6.45) is -10.8. The molecule has 2 heterocycles. The Bertz CT molecular complexity index is 899. The number of alkyl halides is 6. The van der Waals surface area contributed by atoms with Crippen LogP contribution in [0.3, 0.4) is 0 Å². The van der Waals surface area contributed by atoms with Crippen LogP contribution in [-0.4, -0.2) is 66.2 Å². The molecule has 15 heteroatoms. The van der Waals surface area contributed by atoms with Crippen molar-refractivity contribution < 1.29 is 53.9 Å². The number of sulfone groups is 1. The Balaban J connectivity index is 2.54. The fourth-order valence-corrected chi connectivity index (χ4v) is 4.69. The molecule has 8 nitrogen and oxygen atoms in total. The first-order valence-electron chi connectivity index (χ1n) is 7.73. The maximum Gasteiger partial charge on any atom is 0.471 e. The molecule has 0 aromatic rings. The van der Waals surface area contributed by atoms with Gasteiger partial charge in [0.25, 0.3) is 5.91 Å². The smallest absolute Gasteiger partial charge is 0.455 e. The Kier molecular flexibility index (Phi) is 5.23. The normalized spacial score (nSPS) is 24.6. The van der Waals surface area contributed by atoms with Crippen molar-refractivity contribution in [3.63, 3.8) is 0 Å². The highest BCUT2D eigenvalue weighted by Gasteiger charge is 2.64. The molecular formula is C14H14F6N2O6S. The van der Waals surface area contributed by atoms with Crippen molar-refractivity contribution >= 4 is 27.6 Å². The predicted molar refractivity (Wildman–Crippen MR) is 81.3 cm³/mol. The topological polar surface area (TPSA) is 110 Å². The van der Waals surface area contributed by atoms with Crippen LogP contribution in [0.1, 0.15) is 20.8 Å². The number of carbonyl (C=O) groups is 3. The zero-order valence-corrected chi connectivity index (χ0v) is 15.8. The molecule has 2 aliphatic rings. The summed E-state index contributed by atoms with van der Waals surface area (Å²) in [5, 5.41) is -1.18. The number of amides is 2. The number of fused-ring (bicyclic) bond motifs is 1. The Morgan fingerprint density at radius 3 is 2.03 bits per heavy atom. The van der Waals surface area contributed by atoms with E-state index in [-0.39, 0.29) is 4.90 Å². The first kappa shape index (κ1) is 23.0. The molecule has 0 aromatic heterocycles. The van der Waals surface area contributed by atoms with E-state index >= 15 is 0 Å². The molecule has 164 valence electrons. The maximum absolute atomic E-state index is 13.4. The summed E-state index contributed by atoms with van der Waals surface area (Å²) in [5.74, 6) is -7.75. The molecule has 2 rings (SSSR count). The lowest BCUT2D eigenvalue weighted by atomic mass is 10.0. The van der Waals surface area contributed by atoms with Crippen molar-refractivity contribution in [1.82, 2.24) is 10.2 Å². The van der Waals surface area contributed by atoms with Crippen molar-refractivity contribution in [2.45, 2.75) is 50.1 Å². The number of halogens is 6. The van der Waals surface area contributed by atoms with Crippen LogP contribution in [0.4, 0.5) is 26.3 Å². The number of ether oxygens (including phenoxy) is 1. The third-order valence-electron chi connectivity index (χ3n) is 3.76. The maximum atomic E-state index is 13.4. The highest BCUT2D eigenvalue weighted by atomic mass is 32.2. The Labute approximate surface area is 159 Å². The molecule has 1 N–H and O–H groups in total. The lowest BCUT2D eigenvalue weighted by Gasteiger charge is -2.49. The predicted octanol–water partition coefficient (Wildman–Crippen LogP) is 0.788. The van der Waals surface area contributed by atoms with Crippen LogP contribution in [0.5, 0.6) is 0 Å². The van der Waals surface area contributed by atoms with E-state index in [1.54, 1.807) is 0 Å². The SMILES string of the molecule is CC(C)(C)OC(=O)C1=C(C(F)(F)F)CS(=O)(=O)C2[C@H](NC(=O)C(F)(F)F)C(=O)N12. The van der Waals surface area contributed by atoms with Crippen LogP contribution in [0, 0.1) is 0 Å². The van der Waals surface area contributed by atoms with Gasteiger partial charge in [0.1, 0.15) is 17.3 Å². The van der Waals surface area contributed by atoms with Crippen LogP contribution >= 0.6 is 0 Å². The molecule has 0 radical (unpaired) electrons. The fraction of sp³-hybridized carbons (Fsp3) is 0.643. The largest absolute Gasteiger partial charge is 0.471 e. The molecule has 2 atom stereocenters. The van der Waals surface area contributed by atoms with Gasteiger partial charge in [-0.2, -0.15) is 26.3 Å². The summed E-state index contributed by atoms with van der Waals surface area (Å²) < 4.78 is 107. The van der Waals surface area contributed by atoms with E-state index in [0.717, 1.165) is 5.32 Å². The molecule has 29 heavy (non-hydrogen) atoms. The Morgan fingerprint density at radius 1 is 1.10 bits per heavy atom. The highest BCUT2D eigenvalue weighted by Crippen LogP contribution is 2.43. The lowest BCUT2D eigenvalue weighted by molar-refractivity contribution is -0.177. The van der Waals surface area contributed by atoms with Gasteiger partial charge in [0, 0.05) is 0 Å². The van der Waals surface area contributed by atoms with Crippen LogP contribution in [0.15, 0.2) is 11.3 Å². The molecule has 0 spiro atoms. The molecule has 0 aromatic carbocycles. The minimum atomic E-state index is -5.47. The minimum absolute atomic E-state index is 0.100. The van der Waals surface area contributed by atoms with E-state index in [1.807, 2.05) is 0 Å². The fourth-order valence-electron chi connectivity index (χ4n) is 2.69. The minimum Gasteiger partial charge on any atom is -0.455 e. The van der Waals surface area contributed by atoms with Crippen molar-refractivity contribution in [2.24, 2.45) is 0 Å². The number of esters is 1. The van der Waals surface area contributed by atoms with E-state index in [0.29, 0.717) is 0 Å². The number of β-lactam (4-membered cyclic amide) rings is 1. The highest BCUT2D eigenvalue weighted by molar-refractivity contribution is 7.92. The summed E-state index contributed by atoms with van der Waals surface area (Å²) >= 11 is 0. The summed E-state index contributed by atoms with van der Waals surface area (Å²) in [7, 11) is -4.90. The van der Waals surface area contributed by atoms with Gasteiger partial charge in [0.2, 0.25) is 0 Å². The molecule has 2 amide bonds. The Morgan fingerprint density at radius 2 is 1.62 bits per heavy atom. The van der Waals surface area contributed by atoms with Gasteiger partial charge in [-0.15, -0.1) is 0 Å². The van der Waals surface area contributed by atoms with Crippen LogP contribution in [0.2, 0.25) is 0 Å². The van der Waals surface area contributed by atoms with Gasteiger partial charge in [0.15, 0.2) is 15.2 Å². The summed E-state index contributed by atoms with van der Waals surface area (Å²) in [5.41, 5.74) is -4.66. The third kappa shape index (κ3) is 4.33. The molecule has 0 bridgehead atoms. The number of nitrogens with zero attached hydrogens (tertiary/aromatic N) is 1. The van der Waals surface area contributed by atoms with E-state index in [2.05, 4.69) is 0 Å². The molecule has 1 saturated heterocycles. The van der Waals surface area contributed by atoms with Gasteiger partial charge >= 0.3 is 24.2 Å². The number of rotatable bonds is 2. The van der Waals surface area contributed by atoms with E-state index < -0.39 is 74.0 Å². The Hall–Kier alpha value is -2.32. The number of hydrogen-bond donors (Lipinski definition) is 1. The molecule has 0 aliphatic carbocycles. The van der Waals surface area contributed by atoms with E-state index in [9.17, 15) is 49.1 Å². The van der Waals surface area contributed by atoms with Gasteiger partial charge in [-0.25, -0.2) is 13.2 Å². The first-order valence-corrected chi connectivity index (χ1v) is 9.45. The first-order chi connectivity index (χ1) is 12.8. The van der Waals surface area contributed by atoms with Gasteiger partial charge in [-0.3, -0.25) is 14.5 Å². The summed E-state index contributed by atoms with van der Waals surface area (Å²) in [6, 6.07) is -2.30. The van der Waals surface area contributed by atoms with Crippen molar-refractivity contribution in [3.8, 4) is 0 Å². The number of hydrogen-bond acceptors (Lipinski definition) is 6. The van der Waals surface area contributed by atoms with E-state index in [4.69, 9.17) is 4.74 Å². The molecule has 0 saturated carbocycles. The zero-order valence-electron chi connectivity index (χ0n) is 14.9. The molecule has 1 unspecified atom stereocenters. The van der Waals surface area contributed by atoms with Crippen LogP contribution in [0.25, 0.3) is 0 Å². The van der Waals surface area contributed by atoms with Gasteiger partial charge < -0.3 is 10.1 Å². The summed E-state index contributed by atoms with van der Waals surface area (Å²) in [6.45, 7) is 3.88. The van der Waals surface area contributed by atoms with Crippen molar-refractivity contribution in [1.29, 1.82) is 0 Å². The summed E-state index contributed by atoms with van der Waals surface area (Å²) in [4.78, 5) is 35.4. The average Bonchev–Trinajstić information content (AvgIpc) is 2.47. The van der Waals surface area contributed by atoms with Crippen LogP contribution in [-0.2, 0) is 29.0 Å². The standard InChI is InChI=1S/C14H14F6N2O6S/c1-12(2,3)28-10(24)7-5(13(15,16)17)4-29(26,27)9-6(8(23)22(7)9)21-11(25)14(18,19)20/h6,9H,4H2,1-3H3,(H,21,25)/t6-,9?/m1/s1. The van der Waals surface area contributed by atoms with Gasteiger partial charge in [-0.05, 0) is 20.8 Å². The third-order valence-corrected chi connectivity index (χ3v) is 5.67. The van der Waals surface area contributed by atoms with E-state index in [1.165, 1.54) is 20.8 Å². The van der Waals surface area contributed by atoms with Crippen molar-refractivity contribution in [2.75, 3.05) is 5.75 Å². The molecular weight excluding hydrogens is 438 g/mol. The molecule has 1 fully saturated rings. The quantitative estimate of drug-likeness (QED) is 0.377. The monoisotopic (exact) mass is 452 g/mol. The van der Waals surface area contributed by atoms with Gasteiger partial charge in [0.05, 0.1) is 11.3 Å². The lowest BCUT2D eigenvalue weighted by Crippen LogP contribution is -2.75. The zero-order chi connectivity index (χ0) is 22.7. The van der Waals surface area contributed by atoms with Crippen LogP contribution < -0.4 is 5.32 Å². The van der Waals surface area contributed by atoms with Crippen molar-refractivity contribution in [3.05, 3.63) is 11.3 Å².